The average Bonchev–Trinajstić information content (AvgIpc) is 3.04. The summed E-state index contributed by atoms with van der Waals surface area (Å²) in [5.74, 6) is 0.537. The number of hydrogen-bond donors (Lipinski definition) is 2. The van der Waals surface area contributed by atoms with E-state index < -0.39 is 0 Å². The lowest BCUT2D eigenvalue weighted by molar-refractivity contribution is 0.102. The van der Waals surface area contributed by atoms with E-state index in [1.54, 1.807) is 23.8 Å². The van der Waals surface area contributed by atoms with E-state index in [1.807, 2.05) is 0 Å². The Morgan fingerprint density at radius 3 is 3.06 bits per heavy atom. The Labute approximate surface area is 107 Å². The topological polar surface area (TPSA) is 79.8 Å². The van der Waals surface area contributed by atoms with Crippen molar-refractivity contribution >= 4 is 28.2 Å². The fourth-order valence-electron chi connectivity index (χ4n) is 1.48. The molecule has 2 aromatic rings. The van der Waals surface area contributed by atoms with Gasteiger partial charge < -0.3 is 5.32 Å². The van der Waals surface area contributed by atoms with Crippen molar-refractivity contribution in [3.8, 4) is 0 Å². The number of carbonyl (C=O) groups excluding carboxylic acids is 1. The van der Waals surface area contributed by atoms with Crippen LogP contribution in [0.1, 0.15) is 23.2 Å². The van der Waals surface area contributed by atoms with Crippen LogP contribution < -0.4 is 10.6 Å². The second-order valence-electron chi connectivity index (χ2n) is 4.05. The third kappa shape index (κ3) is 2.62. The van der Waals surface area contributed by atoms with Crippen LogP contribution in [-0.2, 0) is 0 Å². The van der Waals surface area contributed by atoms with Gasteiger partial charge in [0, 0.05) is 17.8 Å². The molecule has 1 saturated carbocycles. The van der Waals surface area contributed by atoms with E-state index in [0.717, 1.165) is 5.82 Å². The maximum absolute atomic E-state index is 11.9. The molecule has 1 amide bonds. The van der Waals surface area contributed by atoms with Gasteiger partial charge in [-0.2, -0.15) is 0 Å². The van der Waals surface area contributed by atoms with Gasteiger partial charge in [-0.15, -0.1) is 10.2 Å². The quantitative estimate of drug-likeness (QED) is 0.876. The van der Waals surface area contributed by atoms with Crippen LogP contribution in [0.5, 0.6) is 0 Å². The summed E-state index contributed by atoms with van der Waals surface area (Å²) in [5.41, 5.74) is 2.13. The van der Waals surface area contributed by atoms with E-state index >= 15 is 0 Å². The van der Waals surface area contributed by atoms with E-state index in [0.29, 0.717) is 16.7 Å². The zero-order valence-corrected chi connectivity index (χ0v) is 10.3. The van der Waals surface area contributed by atoms with E-state index in [2.05, 4.69) is 25.8 Å². The van der Waals surface area contributed by atoms with Gasteiger partial charge in [0.15, 0.2) is 0 Å². The minimum atomic E-state index is -0.201. The molecule has 0 radical (unpaired) electrons. The summed E-state index contributed by atoms with van der Waals surface area (Å²) in [6, 6.07) is 3.93. The monoisotopic (exact) mass is 261 g/mol. The van der Waals surface area contributed by atoms with Crippen LogP contribution in [-0.4, -0.2) is 27.1 Å². The molecule has 2 aromatic heterocycles. The van der Waals surface area contributed by atoms with Crippen molar-refractivity contribution in [2.24, 2.45) is 0 Å². The molecule has 1 aliphatic carbocycles. The van der Waals surface area contributed by atoms with Gasteiger partial charge >= 0.3 is 0 Å². The molecule has 0 bridgehead atoms. The normalized spacial score (nSPS) is 14.2. The van der Waals surface area contributed by atoms with Crippen LogP contribution in [0.15, 0.2) is 23.8 Å². The Hall–Kier alpha value is -2.02. The molecule has 2 N–H and O–H groups in total. The number of pyridine rings is 1. The molecule has 7 heteroatoms. The lowest BCUT2D eigenvalue weighted by atomic mass is 10.2. The highest BCUT2D eigenvalue weighted by Gasteiger charge is 2.21. The zero-order chi connectivity index (χ0) is 12.4. The molecule has 0 aliphatic heterocycles. The fourth-order valence-corrected chi connectivity index (χ4v) is 1.92. The smallest absolute Gasteiger partial charge is 0.257 e. The number of carbonyl (C=O) groups is 1. The Morgan fingerprint density at radius 2 is 2.33 bits per heavy atom. The van der Waals surface area contributed by atoms with Crippen molar-refractivity contribution in [2.75, 3.05) is 10.6 Å². The predicted octanol–water partition coefficient (Wildman–Crippen LogP) is 1.76. The van der Waals surface area contributed by atoms with E-state index in [9.17, 15) is 4.79 Å². The first-order valence-electron chi connectivity index (χ1n) is 5.61. The van der Waals surface area contributed by atoms with Gasteiger partial charge in [0.1, 0.15) is 11.3 Å². The molecule has 3 rings (SSSR count). The highest BCUT2D eigenvalue weighted by atomic mass is 32.1. The van der Waals surface area contributed by atoms with Gasteiger partial charge in [-0.25, -0.2) is 4.98 Å². The van der Waals surface area contributed by atoms with Crippen molar-refractivity contribution in [1.29, 1.82) is 0 Å². The predicted molar refractivity (Wildman–Crippen MR) is 68.7 cm³/mol. The number of anilines is 2. The summed E-state index contributed by atoms with van der Waals surface area (Å²) in [6.07, 6.45) is 3.96. The molecule has 2 heterocycles. The number of nitrogens with zero attached hydrogens (tertiary/aromatic N) is 3. The third-order valence-corrected chi connectivity index (χ3v) is 3.14. The standard InChI is InChI=1S/C11H11N5OS/c17-10(15-11-16-13-6-18-11)7-3-4-12-9(5-7)14-8-1-2-8/h3-6,8H,1-2H2,(H,12,14)(H,15,16,17). The lowest BCUT2D eigenvalue weighted by Crippen LogP contribution is -2.13. The van der Waals surface area contributed by atoms with E-state index in [-0.39, 0.29) is 5.91 Å². The highest BCUT2D eigenvalue weighted by Crippen LogP contribution is 2.24. The lowest BCUT2D eigenvalue weighted by Gasteiger charge is -2.05. The van der Waals surface area contributed by atoms with Crippen molar-refractivity contribution in [2.45, 2.75) is 18.9 Å². The second kappa shape index (κ2) is 4.69. The van der Waals surface area contributed by atoms with Crippen molar-refractivity contribution in [1.82, 2.24) is 15.2 Å². The Morgan fingerprint density at radius 1 is 1.44 bits per heavy atom. The third-order valence-electron chi connectivity index (χ3n) is 2.53. The van der Waals surface area contributed by atoms with Crippen molar-refractivity contribution in [3.05, 3.63) is 29.4 Å². The summed E-state index contributed by atoms with van der Waals surface area (Å²) < 4.78 is 0. The maximum atomic E-state index is 11.9. The molecule has 18 heavy (non-hydrogen) atoms. The second-order valence-corrected chi connectivity index (χ2v) is 4.88. The summed E-state index contributed by atoms with van der Waals surface area (Å²) in [5, 5.41) is 13.9. The van der Waals surface area contributed by atoms with Crippen molar-refractivity contribution in [3.63, 3.8) is 0 Å². The number of aromatic nitrogens is 3. The SMILES string of the molecule is O=C(Nc1nncs1)c1ccnc(NC2CC2)c1. The van der Waals surface area contributed by atoms with Gasteiger partial charge in [0.05, 0.1) is 0 Å². The maximum Gasteiger partial charge on any atom is 0.257 e. The summed E-state index contributed by atoms with van der Waals surface area (Å²) >= 11 is 1.29. The first kappa shape index (κ1) is 11.1. The van der Waals surface area contributed by atoms with E-state index in [4.69, 9.17) is 0 Å². The summed E-state index contributed by atoms with van der Waals surface area (Å²) in [7, 11) is 0. The molecule has 6 nitrogen and oxygen atoms in total. The number of hydrogen-bond acceptors (Lipinski definition) is 6. The van der Waals surface area contributed by atoms with Crippen LogP contribution in [0, 0.1) is 0 Å². The number of amides is 1. The fraction of sp³-hybridized carbons (Fsp3) is 0.273. The van der Waals surface area contributed by atoms with Crippen LogP contribution >= 0.6 is 11.3 Å². The number of nitrogens with one attached hydrogen (secondary N) is 2. The summed E-state index contributed by atoms with van der Waals surface area (Å²) in [4.78, 5) is 16.1. The highest BCUT2D eigenvalue weighted by molar-refractivity contribution is 7.13. The molecule has 0 aromatic carbocycles. The van der Waals surface area contributed by atoms with Gasteiger partial charge in [-0.05, 0) is 25.0 Å². The summed E-state index contributed by atoms with van der Waals surface area (Å²) in [6.45, 7) is 0. The zero-order valence-electron chi connectivity index (χ0n) is 9.46. The number of rotatable bonds is 4. The minimum Gasteiger partial charge on any atom is -0.367 e. The molecule has 0 unspecified atom stereocenters. The van der Waals surface area contributed by atoms with Crippen molar-refractivity contribution < 1.29 is 4.79 Å². The van der Waals surface area contributed by atoms with Crippen LogP contribution in [0.25, 0.3) is 0 Å². The molecule has 0 saturated heterocycles. The Kier molecular flexibility index (Phi) is 2.89. The average molecular weight is 261 g/mol. The molecule has 92 valence electrons. The van der Waals surface area contributed by atoms with E-state index in [1.165, 1.54) is 24.2 Å². The molecule has 1 fully saturated rings. The first-order chi connectivity index (χ1) is 8.81. The molecule has 0 spiro atoms. The van der Waals surface area contributed by atoms with Gasteiger partial charge in [-0.1, -0.05) is 11.3 Å². The van der Waals surface area contributed by atoms with Crippen LogP contribution in [0.4, 0.5) is 10.9 Å². The van der Waals surface area contributed by atoms with Crippen LogP contribution in [0.3, 0.4) is 0 Å². The largest absolute Gasteiger partial charge is 0.367 e. The Balaban J connectivity index is 1.72. The van der Waals surface area contributed by atoms with Crippen LogP contribution in [0.2, 0.25) is 0 Å². The molecule has 1 aliphatic rings. The van der Waals surface area contributed by atoms with Gasteiger partial charge in [-0.3, -0.25) is 10.1 Å². The molecule has 0 atom stereocenters. The minimum absolute atomic E-state index is 0.201. The Bertz CT molecular complexity index is 552. The first-order valence-corrected chi connectivity index (χ1v) is 6.49. The van der Waals surface area contributed by atoms with Gasteiger partial charge in [0.2, 0.25) is 5.13 Å². The molecular weight excluding hydrogens is 250 g/mol. The molecular formula is C11H11N5OS. The van der Waals surface area contributed by atoms with Gasteiger partial charge in [0.25, 0.3) is 5.91 Å².